The number of hydrogen-bond acceptors (Lipinski definition) is 4. The Labute approximate surface area is 167 Å². The fourth-order valence-electron chi connectivity index (χ4n) is 3.27. The summed E-state index contributed by atoms with van der Waals surface area (Å²) < 4.78 is 12.0. The predicted molar refractivity (Wildman–Crippen MR) is 107 cm³/mol. The van der Waals surface area contributed by atoms with Gasteiger partial charge in [-0.3, -0.25) is 9.59 Å². The fraction of sp³-hybridized carbons (Fsp3) is 0.333. The molecule has 0 bridgehead atoms. The average molecular weight is 432 g/mol. The minimum atomic E-state index is -0.640. The van der Waals surface area contributed by atoms with Crippen molar-refractivity contribution in [1.29, 1.82) is 0 Å². The minimum absolute atomic E-state index is 0.132. The number of anilines is 1. The molecule has 0 aromatic heterocycles. The van der Waals surface area contributed by atoms with Crippen molar-refractivity contribution in [1.82, 2.24) is 0 Å². The first kappa shape index (κ1) is 19.4. The predicted octanol–water partition coefficient (Wildman–Crippen LogP) is 4.30. The molecule has 2 atom stereocenters. The number of carbonyl (C=O) groups excluding carboxylic acids is 2. The van der Waals surface area contributed by atoms with Crippen LogP contribution in [0.5, 0.6) is 5.75 Å². The Balaban J connectivity index is 1.79. The van der Waals surface area contributed by atoms with Crippen LogP contribution < -0.4 is 9.64 Å². The number of halogens is 1. The molecule has 0 N–H and O–H groups in total. The number of fused-ring (bicyclic) bond motifs is 1. The highest BCUT2D eigenvalue weighted by atomic mass is 79.9. The first-order chi connectivity index (χ1) is 13.0. The largest absolute Gasteiger partial charge is 0.481 e. The number of ether oxygens (including phenoxy) is 2. The highest BCUT2D eigenvalue weighted by Gasteiger charge is 2.35. The van der Waals surface area contributed by atoms with Gasteiger partial charge in [0.05, 0.1) is 12.5 Å². The molecular weight excluding hydrogens is 410 g/mol. The van der Waals surface area contributed by atoms with Crippen molar-refractivity contribution >= 4 is 33.5 Å². The van der Waals surface area contributed by atoms with Crippen LogP contribution in [0.1, 0.15) is 31.7 Å². The maximum absolute atomic E-state index is 13.0. The third kappa shape index (κ3) is 4.33. The van der Waals surface area contributed by atoms with Crippen molar-refractivity contribution < 1.29 is 19.1 Å². The number of amides is 1. The molecule has 1 amide bonds. The molecule has 2 unspecified atom stereocenters. The lowest BCUT2D eigenvalue weighted by Gasteiger charge is -2.34. The van der Waals surface area contributed by atoms with Gasteiger partial charge in [-0.05, 0) is 56.2 Å². The van der Waals surface area contributed by atoms with Crippen molar-refractivity contribution in [3.63, 3.8) is 0 Å². The topological polar surface area (TPSA) is 55.8 Å². The van der Waals surface area contributed by atoms with Crippen molar-refractivity contribution in [3.05, 3.63) is 58.6 Å². The second-order valence-electron chi connectivity index (χ2n) is 6.36. The van der Waals surface area contributed by atoms with Crippen molar-refractivity contribution in [2.75, 3.05) is 18.1 Å². The lowest BCUT2D eigenvalue weighted by Crippen LogP contribution is -2.44. The van der Waals surface area contributed by atoms with E-state index in [2.05, 4.69) is 15.9 Å². The van der Waals surface area contributed by atoms with Gasteiger partial charge in [-0.1, -0.05) is 34.1 Å². The molecule has 1 aliphatic rings. The molecule has 27 heavy (non-hydrogen) atoms. The summed E-state index contributed by atoms with van der Waals surface area (Å²) in [5, 5.41) is 0. The van der Waals surface area contributed by atoms with Crippen LogP contribution in [0.4, 0.5) is 5.69 Å². The summed E-state index contributed by atoms with van der Waals surface area (Å²) in [6.07, 6.45) is -0.106. The number of hydrogen-bond donors (Lipinski definition) is 0. The van der Waals surface area contributed by atoms with Gasteiger partial charge in [-0.15, -0.1) is 0 Å². The molecule has 0 fully saturated rings. The molecule has 2 aromatic rings. The second kappa shape index (κ2) is 8.57. The van der Waals surface area contributed by atoms with Crippen LogP contribution >= 0.6 is 15.9 Å². The Hall–Kier alpha value is -2.34. The molecule has 1 heterocycles. The zero-order valence-electron chi connectivity index (χ0n) is 15.4. The van der Waals surface area contributed by atoms with Gasteiger partial charge in [-0.2, -0.15) is 0 Å². The molecule has 3 rings (SSSR count). The summed E-state index contributed by atoms with van der Waals surface area (Å²) in [5.41, 5.74) is 1.57. The van der Waals surface area contributed by atoms with E-state index < -0.39 is 6.10 Å². The Morgan fingerprint density at radius 3 is 2.59 bits per heavy atom. The molecule has 0 spiro atoms. The van der Waals surface area contributed by atoms with Gasteiger partial charge >= 0.3 is 5.97 Å². The number of carbonyl (C=O) groups is 2. The van der Waals surface area contributed by atoms with Gasteiger partial charge < -0.3 is 14.4 Å². The molecule has 5 nitrogen and oxygen atoms in total. The highest BCUT2D eigenvalue weighted by Crippen LogP contribution is 2.36. The van der Waals surface area contributed by atoms with E-state index in [0.29, 0.717) is 25.3 Å². The van der Waals surface area contributed by atoms with Crippen LogP contribution in [0.25, 0.3) is 0 Å². The quantitative estimate of drug-likeness (QED) is 0.662. The van der Waals surface area contributed by atoms with E-state index in [9.17, 15) is 9.59 Å². The normalized spacial score (nSPS) is 17.0. The number of para-hydroxylation sites is 1. The molecular formula is C21H22BrNO4. The minimum Gasteiger partial charge on any atom is -0.481 e. The maximum atomic E-state index is 13.0. The molecule has 6 heteroatoms. The Morgan fingerprint density at radius 1 is 1.19 bits per heavy atom. The van der Waals surface area contributed by atoms with Crippen LogP contribution in [0.2, 0.25) is 0 Å². The first-order valence-electron chi connectivity index (χ1n) is 9.00. The third-order valence-electron chi connectivity index (χ3n) is 4.56. The van der Waals surface area contributed by atoms with E-state index in [4.69, 9.17) is 9.47 Å². The molecule has 0 radical (unpaired) electrons. The van der Waals surface area contributed by atoms with E-state index in [1.165, 1.54) is 0 Å². The van der Waals surface area contributed by atoms with Gasteiger partial charge in [-0.25, -0.2) is 0 Å². The SMILES string of the molecule is CCOC(=O)C1CCN(C(=O)C(C)Oc2ccc(Br)cc2)c2ccccc21. The molecule has 1 aliphatic heterocycles. The molecule has 0 aliphatic carbocycles. The standard InChI is InChI=1S/C21H22BrNO4/c1-3-26-21(25)18-12-13-23(19-7-5-4-6-17(18)19)20(24)14(2)27-16-10-8-15(22)9-11-16/h4-11,14,18H,3,12-13H2,1-2H3. The van der Waals surface area contributed by atoms with Crippen molar-refractivity contribution in [2.24, 2.45) is 0 Å². The molecule has 2 aromatic carbocycles. The van der Waals surface area contributed by atoms with Crippen LogP contribution in [0, 0.1) is 0 Å². The monoisotopic (exact) mass is 431 g/mol. The van der Waals surface area contributed by atoms with Gasteiger partial charge in [0.25, 0.3) is 5.91 Å². The van der Waals surface area contributed by atoms with Crippen LogP contribution in [-0.2, 0) is 14.3 Å². The van der Waals surface area contributed by atoms with Crippen molar-refractivity contribution in [2.45, 2.75) is 32.3 Å². The van der Waals surface area contributed by atoms with Gasteiger partial charge in [0.1, 0.15) is 5.75 Å². The number of rotatable bonds is 5. The summed E-state index contributed by atoms with van der Waals surface area (Å²) in [6.45, 7) is 4.33. The van der Waals surface area contributed by atoms with E-state index in [1.807, 2.05) is 48.5 Å². The smallest absolute Gasteiger partial charge is 0.313 e. The summed E-state index contributed by atoms with van der Waals surface area (Å²) in [5.74, 6) is -0.0782. The lowest BCUT2D eigenvalue weighted by molar-refractivity contribution is -0.145. The van der Waals surface area contributed by atoms with E-state index in [-0.39, 0.29) is 17.8 Å². The van der Waals surface area contributed by atoms with Crippen molar-refractivity contribution in [3.8, 4) is 5.75 Å². The van der Waals surface area contributed by atoms with Gasteiger partial charge in [0.2, 0.25) is 0 Å². The summed E-state index contributed by atoms with van der Waals surface area (Å²) in [7, 11) is 0. The highest BCUT2D eigenvalue weighted by molar-refractivity contribution is 9.10. The number of benzene rings is 2. The van der Waals surface area contributed by atoms with Gasteiger partial charge in [0.15, 0.2) is 6.10 Å². The third-order valence-corrected chi connectivity index (χ3v) is 5.08. The zero-order valence-corrected chi connectivity index (χ0v) is 16.9. The fourth-order valence-corrected chi connectivity index (χ4v) is 3.53. The maximum Gasteiger partial charge on any atom is 0.313 e. The number of esters is 1. The lowest BCUT2D eigenvalue weighted by atomic mass is 9.89. The first-order valence-corrected chi connectivity index (χ1v) is 9.79. The van der Waals surface area contributed by atoms with Gasteiger partial charge in [0, 0.05) is 16.7 Å². The summed E-state index contributed by atoms with van der Waals surface area (Å²) in [4.78, 5) is 27.0. The van der Waals surface area contributed by atoms with Crippen LogP contribution in [0.15, 0.2) is 53.0 Å². The Kier molecular flexibility index (Phi) is 6.16. The average Bonchev–Trinajstić information content (AvgIpc) is 2.68. The Morgan fingerprint density at radius 2 is 1.89 bits per heavy atom. The van der Waals surface area contributed by atoms with E-state index in [0.717, 1.165) is 15.7 Å². The van der Waals surface area contributed by atoms with Crippen LogP contribution in [0.3, 0.4) is 0 Å². The summed E-state index contributed by atoms with van der Waals surface area (Å²) >= 11 is 3.38. The number of nitrogens with zero attached hydrogens (tertiary/aromatic N) is 1. The second-order valence-corrected chi connectivity index (χ2v) is 7.27. The molecule has 0 saturated heterocycles. The molecule has 0 saturated carbocycles. The Bertz CT molecular complexity index is 821. The summed E-state index contributed by atoms with van der Waals surface area (Å²) in [6, 6.07) is 14.9. The zero-order chi connectivity index (χ0) is 19.4. The van der Waals surface area contributed by atoms with E-state index >= 15 is 0 Å². The van der Waals surface area contributed by atoms with Crippen LogP contribution in [-0.4, -0.2) is 31.1 Å². The van der Waals surface area contributed by atoms with E-state index in [1.54, 1.807) is 18.7 Å². The molecule has 142 valence electrons.